The lowest BCUT2D eigenvalue weighted by molar-refractivity contribution is -0.275. The average Bonchev–Trinajstić information content (AvgIpc) is 2.18. The lowest BCUT2D eigenvalue weighted by Gasteiger charge is -2.14. The predicted octanol–water partition coefficient (Wildman–Crippen LogP) is 3.33. The average molecular weight is 367 g/mol. The summed E-state index contributed by atoms with van der Waals surface area (Å²) in [6, 6.07) is 1.40. The number of rotatable bonds is 3. The van der Waals surface area contributed by atoms with Gasteiger partial charge in [0.15, 0.2) is 5.75 Å². The summed E-state index contributed by atoms with van der Waals surface area (Å²) in [4.78, 5) is 3.77. The van der Waals surface area contributed by atoms with E-state index in [9.17, 15) is 13.2 Å². The summed E-state index contributed by atoms with van der Waals surface area (Å²) < 4.78 is 45.4. The normalized spacial score (nSPS) is 11.4. The molecule has 0 bridgehead atoms. The lowest BCUT2D eigenvalue weighted by Crippen LogP contribution is -2.19. The highest BCUT2D eigenvalue weighted by Crippen LogP contribution is 2.35. The van der Waals surface area contributed by atoms with Crippen LogP contribution in [0, 0.1) is 3.70 Å². The van der Waals surface area contributed by atoms with Gasteiger partial charge in [-0.3, -0.25) is 0 Å². The number of pyridine rings is 1. The maximum Gasteiger partial charge on any atom is 0.573 e. The van der Waals surface area contributed by atoms with Crippen LogP contribution >= 0.6 is 34.2 Å². The van der Waals surface area contributed by atoms with Crippen LogP contribution < -0.4 is 9.47 Å². The number of hydrogen-bond donors (Lipinski definition) is 0. The van der Waals surface area contributed by atoms with Crippen molar-refractivity contribution in [3.05, 3.63) is 15.3 Å². The zero-order valence-corrected chi connectivity index (χ0v) is 10.9. The van der Waals surface area contributed by atoms with Crippen molar-refractivity contribution in [2.24, 2.45) is 0 Å². The minimum absolute atomic E-state index is 0.125. The van der Waals surface area contributed by atoms with E-state index in [1.54, 1.807) is 0 Å². The van der Waals surface area contributed by atoms with Gasteiger partial charge in [-0.1, -0.05) is 0 Å². The summed E-state index contributed by atoms with van der Waals surface area (Å²) in [5.74, 6) is -0.856. The van der Waals surface area contributed by atoms with Crippen LogP contribution in [0.4, 0.5) is 13.2 Å². The topological polar surface area (TPSA) is 31.4 Å². The van der Waals surface area contributed by atoms with Crippen molar-refractivity contribution >= 4 is 34.2 Å². The van der Waals surface area contributed by atoms with E-state index in [4.69, 9.17) is 16.3 Å². The molecule has 0 aliphatic carbocycles. The first kappa shape index (κ1) is 13.6. The Kier molecular flexibility index (Phi) is 4.48. The predicted molar refractivity (Wildman–Crippen MR) is 59.7 cm³/mol. The van der Waals surface area contributed by atoms with Gasteiger partial charge in [-0.25, -0.2) is 4.98 Å². The first-order valence-corrected chi connectivity index (χ1v) is 5.54. The highest BCUT2D eigenvalue weighted by atomic mass is 127. The van der Waals surface area contributed by atoms with E-state index in [0.717, 1.165) is 0 Å². The molecule has 1 aromatic rings. The second kappa shape index (κ2) is 5.26. The van der Waals surface area contributed by atoms with Crippen LogP contribution in [0.3, 0.4) is 0 Å². The van der Waals surface area contributed by atoms with Crippen molar-refractivity contribution in [1.29, 1.82) is 0 Å². The van der Waals surface area contributed by atoms with E-state index in [2.05, 4.69) is 9.72 Å². The van der Waals surface area contributed by atoms with E-state index in [0.29, 0.717) is 3.70 Å². The smallest absolute Gasteiger partial charge is 0.478 e. The van der Waals surface area contributed by atoms with Crippen molar-refractivity contribution in [1.82, 2.24) is 4.98 Å². The summed E-state index contributed by atoms with van der Waals surface area (Å²) in [5, 5.41) is 0. The highest BCUT2D eigenvalue weighted by molar-refractivity contribution is 14.1. The minimum Gasteiger partial charge on any atom is -0.478 e. The van der Waals surface area contributed by atoms with Gasteiger partial charge in [0.05, 0.1) is 13.0 Å². The molecule has 0 N–H and O–H groups in total. The zero-order valence-electron chi connectivity index (χ0n) is 7.94. The molecule has 16 heavy (non-hydrogen) atoms. The fourth-order valence-corrected chi connectivity index (χ4v) is 1.78. The molecule has 0 aromatic carbocycles. The standard InChI is InChI=1S/C8H6ClF3INO2/c1-15-7-6(16-8(10,11)12)4(3-9)2-5(13)14-7/h2H,3H2,1H3. The number of alkyl halides is 4. The lowest BCUT2D eigenvalue weighted by atomic mass is 10.3. The Morgan fingerprint density at radius 1 is 1.50 bits per heavy atom. The molecule has 3 nitrogen and oxygen atoms in total. The molecule has 0 amide bonds. The van der Waals surface area contributed by atoms with Crippen LogP contribution in [-0.4, -0.2) is 18.5 Å². The van der Waals surface area contributed by atoms with Crippen LogP contribution in [0.15, 0.2) is 6.07 Å². The van der Waals surface area contributed by atoms with Gasteiger partial charge < -0.3 is 9.47 Å². The van der Waals surface area contributed by atoms with Gasteiger partial charge in [0.25, 0.3) is 5.88 Å². The number of methoxy groups -OCH3 is 1. The van der Waals surface area contributed by atoms with E-state index in [-0.39, 0.29) is 17.3 Å². The Labute approximate surface area is 108 Å². The summed E-state index contributed by atoms with van der Waals surface area (Å²) in [6.07, 6.45) is -4.80. The van der Waals surface area contributed by atoms with Crippen molar-refractivity contribution in [2.45, 2.75) is 12.2 Å². The third-order valence-corrected chi connectivity index (χ3v) is 2.38. The monoisotopic (exact) mass is 367 g/mol. The van der Waals surface area contributed by atoms with Gasteiger partial charge >= 0.3 is 6.36 Å². The van der Waals surface area contributed by atoms with Crippen molar-refractivity contribution in [3.63, 3.8) is 0 Å². The molecule has 0 spiro atoms. The Morgan fingerprint density at radius 2 is 2.12 bits per heavy atom. The molecule has 0 radical (unpaired) electrons. The van der Waals surface area contributed by atoms with Crippen LogP contribution in [0.25, 0.3) is 0 Å². The minimum atomic E-state index is -4.80. The third kappa shape index (κ3) is 3.55. The SMILES string of the molecule is COc1nc(I)cc(CCl)c1OC(F)(F)F. The van der Waals surface area contributed by atoms with Crippen molar-refractivity contribution in [3.8, 4) is 11.6 Å². The van der Waals surface area contributed by atoms with Crippen molar-refractivity contribution < 1.29 is 22.6 Å². The summed E-state index contributed by atoms with van der Waals surface area (Å²) in [5.41, 5.74) is 0.176. The Morgan fingerprint density at radius 3 is 2.56 bits per heavy atom. The number of aromatic nitrogens is 1. The largest absolute Gasteiger partial charge is 0.573 e. The van der Waals surface area contributed by atoms with Gasteiger partial charge in [0.1, 0.15) is 3.70 Å². The molecule has 0 atom stereocenters. The molecule has 1 aromatic heterocycles. The molecule has 0 saturated heterocycles. The number of hydrogen-bond acceptors (Lipinski definition) is 3. The maximum absolute atomic E-state index is 12.1. The van der Waals surface area contributed by atoms with Crippen LogP contribution in [0.2, 0.25) is 0 Å². The molecule has 0 saturated carbocycles. The first-order chi connectivity index (χ1) is 7.37. The summed E-state index contributed by atoms with van der Waals surface area (Å²) in [6.45, 7) is 0. The molecular formula is C8H6ClF3INO2. The fourth-order valence-electron chi connectivity index (χ4n) is 0.989. The third-order valence-electron chi connectivity index (χ3n) is 1.54. The fraction of sp³-hybridized carbons (Fsp3) is 0.375. The molecule has 1 rings (SSSR count). The van der Waals surface area contributed by atoms with E-state index >= 15 is 0 Å². The molecule has 0 aliphatic heterocycles. The summed E-state index contributed by atoms with van der Waals surface area (Å²) in [7, 11) is 1.21. The van der Waals surface area contributed by atoms with Gasteiger partial charge in [-0.2, -0.15) is 0 Å². The van der Waals surface area contributed by atoms with Gasteiger partial charge in [-0.15, -0.1) is 24.8 Å². The molecular weight excluding hydrogens is 361 g/mol. The van der Waals surface area contributed by atoms with Crippen LogP contribution in [0.1, 0.15) is 5.56 Å². The molecule has 8 heteroatoms. The number of nitrogens with zero attached hydrogens (tertiary/aromatic N) is 1. The Balaban J connectivity index is 3.22. The molecule has 0 aliphatic rings. The Hall–Kier alpha value is -0.440. The maximum atomic E-state index is 12.1. The van der Waals surface area contributed by atoms with Crippen molar-refractivity contribution in [2.75, 3.05) is 7.11 Å². The highest BCUT2D eigenvalue weighted by Gasteiger charge is 2.34. The van der Waals surface area contributed by atoms with Gasteiger partial charge in [-0.05, 0) is 28.7 Å². The number of ether oxygens (including phenoxy) is 2. The second-order valence-corrected chi connectivity index (χ2v) is 4.00. The number of halogens is 5. The van der Waals surface area contributed by atoms with Gasteiger partial charge in [0.2, 0.25) is 0 Å². The zero-order chi connectivity index (χ0) is 12.3. The van der Waals surface area contributed by atoms with E-state index in [1.807, 2.05) is 22.6 Å². The molecule has 0 fully saturated rings. The van der Waals surface area contributed by atoms with E-state index < -0.39 is 12.1 Å². The summed E-state index contributed by atoms with van der Waals surface area (Å²) >= 11 is 7.37. The molecule has 0 unspecified atom stereocenters. The van der Waals surface area contributed by atoms with Gasteiger partial charge in [0, 0.05) is 5.56 Å². The quantitative estimate of drug-likeness (QED) is 0.467. The first-order valence-electron chi connectivity index (χ1n) is 3.92. The van der Waals surface area contributed by atoms with Crippen LogP contribution in [0.5, 0.6) is 11.6 Å². The molecule has 90 valence electrons. The Bertz CT molecular complexity index is 361. The second-order valence-electron chi connectivity index (χ2n) is 2.62. The van der Waals surface area contributed by atoms with Crippen LogP contribution in [-0.2, 0) is 5.88 Å². The molecule has 1 heterocycles. The van der Waals surface area contributed by atoms with E-state index in [1.165, 1.54) is 13.2 Å².